The predicted molar refractivity (Wildman–Crippen MR) is 110 cm³/mol. The Labute approximate surface area is 170 Å². The van der Waals surface area contributed by atoms with E-state index in [1.54, 1.807) is 13.8 Å². The van der Waals surface area contributed by atoms with Crippen LogP contribution in [-0.4, -0.2) is 68.7 Å². The Morgan fingerprint density at radius 3 is 1.86 bits per heavy atom. The van der Waals surface area contributed by atoms with Crippen LogP contribution in [0.4, 0.5) is 0 Å². The van der Waals surface area contributed by atoms with Crippen molar-refractivity contribution in [3.63, 3.8) is 0 Å². The molecule has 1 atom stereocenters. The molecule has 1 unspecified atom stereocenters. The highest BCUT2D eigenvalue weighted by atomic mass is 16.6. The molecule has 0 spiro atoms. The van der Waals surface area contributed by atoms with Gasteiger partial charge in [-0.15, -0.1) is 0 Å². The zero-order valence-electron chi connectivity index (χ0n) is 18.3. The lowest BCUT2D eigenvalue weighted by Crippen LogP contribution is -2.49. The van der Waals surface area contributed by atoms with Crippen molar-refractivity contribution in [1.29, 1.82) is 0 Å². The molecule has 6 nitrogen and oxygen atoms in total. The van der Waals surface area contributed by atoms with E-state index in [-0.39, 0.29) is 6.10 Å². The third-order valence-electron chi connectivity index (χ3n) is 4.58. The normalized spacial score (nSPS) is 13.5. The van der Waals surface area contributed by atoms with Gasteiger partial charge < -0.3 is 28.8 Å². The van der Waals surface area contributed by atoms with Gasteiger partial charge in [-0.05, 0) is 53.7 Å². The number of hydrogen-bond donors (Lipinski definition) is 1. The Kier molecular flexibility index (Phi) is 11.0. The van der Waals surface area contributed by atoms with Gasteiger partial charge in [0.05, 0.1) is 56.9 Å². The maximum Gasteiger partial charge on any atom is 0.119 e. The van der Waals surface area contributed by atoms with Crippen LogP contribution in [0.3, 0.4) is 0 Å². The second-order valence-electron chi connectivity index (χ2n) is 7.96. The zero-order chi connectivity index (χ0) is 21.0. The standard InChI is InChI=1S/C22H38O6/c1-18-7-9-20(10-8-18)27-16-15-25-12-11-24-13-14-26-17-19(2)28-22(5,6)21(3,4)23/h7-10,19,23H,11-17H2,1-6H3. The Balaban J connectivity index is 1.93. The lowest BCUT2D eigenvalue weighted by Gasteiger charge is -2.39. The van der Waals surface area contributed by atoms with E-state index >= 15 is 0 Å². The van der Waals surface area contributed by atoms with E-state index < -0.39 is 11.2 Å². The molecule has 1 aromatic carbocycles. The highest BCUT2D eigenvalue weighted by Gasteiger charge is 2.37. The minimum atomic E-state index is -0.921. The van der Waals surface area contributed by atoms with Crippen molar-refractivity contribution in [2.45, 2.75) is 58.8 Å². The van der Waals surface area contributed by atoms with Gasteiger partial charge in [0.15, 0.2) is 0 Å². The van der Waals surface area contributed by atoms with Crippen LogP contribution in [0.2, 0.25) is 0 Å². The lowest BCUT2D eigenvalue weighted by molar-refractivity contribution is -0.181. The summed E-state index contributed by atoms with van der Waals surface area (Å²) in [4.78, 5) is 0. The van der Waals surface area contributed by atoms with Crippen molar-refractivity contribution in [3.8, 4) is 5.75 Å². The van der Waals surface area contributed by atoms with Crippen molar-refractivity contribution in [2.24, 2.45) is 0 Å². The highest BCUT2D eigenvalue weighted by Crippen LogP contribution is 2.26. The summed E-state index contributed by atoms with van der Waals surface area (Å²) in [6.45, 7) is 14.7. The van der Waals surface area contributed by atoms with E-state index in [1.807, 2.05) is 52.0 Å². The zero-order valence-corrected chi connectivity index (χ0v) is 18.3. The molecule has 6 heteroatoms. The summed E-state index contributed by atoms with van der Waals surface area (Å²) in [5, 5.41) is 10.1. The summed E-state index contributed by atoms with van der Waals surface area (Å²) >= 11 is 0. The number of aryl methyl sites for hydroxylation is 1. The SMILES string of the molecule is Cc1ccc(OCCOCCOCCOCC(C)OC(C)(C)C(C)(C)O)cc1. The molecule has 0 aromatic heterocycles. The highest BCUT2D eigenvalue weighted by molar-refractivity contribution is 5.26. The number of hydrogen-bond acceptors (Lipinski definition) is 6. The predicted octanol–water partition coefficient (Wildman–Crippen LogP) is 3.38. The minimum absolute atomic E-state index is 0.113. The molecule has 0 aliphatic rings. The molecule has 0 fully saturated rings. The summed E-state index contributed by atoms with van der Waals surface area (Å²) in [6, 6.07) is 7.95. The Hall–Kier alpha value is -1.18. The van der Waals surface area contributed by atoms with Crippen LogP contribution in [0.5, 0.6) is 5.75 Å². The van der Waals surface area contributed by atoms with Crippen LogP contribution in [0.15, 0.2) is 24.3 Å². The molecule has 1 N–H and O–H groups in total. The fourth-order valence-electron chi connectivity index (χ4n) is 2.22. The Bertz CT molecular complexity index is 521. The van der Waals surface area contributed by atoms with Crippen molar-refractivity contribution in [1.82, 2.24) is 0 Å². The largest absolute Gasteiger partial charge is 0.491 e. The molecule has 0 aliphatic heterocycles. The van der Waals surface area contributed by atoms with Crippen LogP contribution < -0.4 is 4.74 Å². The van der Waals surface area contributed by atoms with Gasteiger partial charge in [-0.3, -0.25) is 0 Å². The maximum atomic E-state index is 10.1. The molecule has 28 heavy (non-hydrogen) atoms. The van der Waals surface area contributed by atoms with Gasteiger partial charge in [-0.1, -0.05) is 17.7 Å². The third kappa shape index (κ3) is 10.4. The molecule has 1 aromatic rings. The molecule has 0 radical (unpaired) electrons. The van der Waals surface area contributed by atoms with E-state index in [4.69, 9.17) is 23.7 Å². The number of rotatable bonds is 15. The lowest BCUT2D eigenvalue weighted by atomic mass is 9.89. The van der Waals surface area contributed by atoms with Gasteiger partial charge >= 0.3 is 0 Å². The average Bonchev–Trinajstić information content (AvgIpc) is 2.59. The fraction of sp³-hybridized carbons (Fsp3) is 0.727. The van der Waals surface area contributed by atoms with Gasteiger partial charge in [-0.2, -0.15) is 0 Å². The molecule has 0 amide bonds. The van der Waals surface area contributed by atoms with Crippen LogP contribution in [0, 0.1) is 6.92 Å². The Morgan fingerprint density at radius 1 is 0.821 bits per heavy atom. The van der Waals surface area contributed by atoms with E-state index in [9.17, 15) is 5.11 Å². The number of ether oxygens (including phenoxy) is 5. The maximum absolute atomic E-state index is 10.1. The van der Waals surface area contributed by atoms with Gasteiger partial charge in [0.25, 0.3) is 0 Å². The smallest absolute Gasteiger partial charge is 0.119 e. The van der Waals surface area contributed by atoms with Crippen LogP contribution in [-0.2, 0) is 18.9 Å². The van der Waals surface area contributed by atoms with Crippen molar-refractivity contribution in [2.75, 3.05) is 46.2 Å². The molecule has 0 aliphatic carbocycles. The first kappa shape index (κ1) is 24.9. The second kappa shape index (κ2) is 12.4. The van der Waals surface area contributed by atoms with Gasteiger partial charge in [0.1, 0.15) is 12.4 Å². The molecule has 162 valence electrons. The molecule has 0 saturated carbocycles. The second-order valence-corrected chi connectivity index (χ2v) is 7.96. The van der Waals surface area contributed by atoms with Gasteiger partial charge in [-0.25, -0.2) is 0 Å². The third-order valence-corrected chi connectivity index (χ3v) is 4.58. The first-order valence-corrected chi connectivity index (χ1v) is 9.95. The van der Waals surface area contributed by atoms with Crippen LogP contribution >= 0.6 is 0 Å². The topological polar surface area (TPSA) is 66.4 Å². The van der Waals surface area contributed by atoms with Crippen LogP contribution in [0.1, 0.15) is 40.2 Å². The fourth-order valence-corrected chi connectivity index (χ4v) is 2.22. The quantitative estimate of drug-likeness (QED) is 0.457. The summed E-state index contributed by atoms with van der Waals surface area (Å²) in [6.07, 6.45) is -0.113. The summed E-state index contributed by atoms with van der Waals surface area (Å²) in [5.74, 6) is 0.853. The van der Waals surface area contributed by atoms with Gasteiger partial charge in [0.2, 0.25) is 0 Å². The van der Waals surface area contributed by atoms with Crippen molar-refractivity contribution in [3.05, 3.63) is 29.8 Å². The monoisotopic (exact) mass is 398 g/mol. The minimum Gasteiger partial charge on any atom is -0.491 e. The first-order valence-electron chi connectivity index (χ1n) is 9.95. The summed E-state index contributed by atoms with van der Waals surface area (Å²) in [5.41, 5.74) is -0.354. The van der Waals surface area contributed by atoms with E-state index in [0.29, 0.717) is 46.2 Å². The van der Waals surface area contributed by atoms with E-state index in [2.05, 4.69) is 0 Å². The Morgan fingerprint density at radius 2 is 1.32 bits per heavy atom. The number of aliphatic hydroxyl groups is 1. The van der Waals surface area contributed by atoms with E-state index in [1.165, 1.54) is 5.56 Å². The molecule has 0 saturated heterocycles. The first-order chi connectivity index (χ1) is 13.1. The van der Waals surface area contributed by atoms with Crippen molar-refractivity contribution >= 4 is 0 Å². The summed E-state index contributed by atoms with van der Waals surface area (Å²) in [7, 11) is 0. The summed E-state index contributed by atoms with van der Waals surface area (Å²) < 4.78 is 28.0. The molecular formula is C22H38O6. The molecule has 0 bridgehead atoms. The molecule has 0 heterocycles. The average molecular weight is 399 g/mol. The molecular weight excluding hydrogens is 360 g/mol. The van der Waals surface area contributed by atoms with Gasteiger partial charge in [0, 0.05) is 0 Å². The number of benzene rings is 1. The van der Waals surface area contributed by atoms with Crippen molar-refractivity contribution < 1.29 is 28.8 Å². The van der Waals surface area contributed by atoms with Crippen LogP contribution in [0.25, 0.3) is 0 Å². The molecule has 1 rings (SSSR count). The van der Waals surface area contributed by atoms with E-state index in [0.717, 1.165) is 5.75 Å².